The number of nitrogens with one attached hydrogen (secondary N) is 2. The third-order valence-corrected chi connectivity index (χ3v) is 2.92. The average molecular weight is 308 g/mol. The molecule has 1 rings (SSSR count). The van der Waals surface area contributed by atoms with Gasteiger partial charge in [-0.05, 0) is 25.1 Å². The molecule has 6 heteroatoms. The molecule has 0 aliphatic rings. The van der Waals surface area contributed by atoms with Crippen LogP contribution in [0.3, 0.4) is 0 Å². The lowest BCUT2D eigenvalue weighted by Gasteiger charge is -2.10. The first kappa shape index (κ1) is 18.0. The van der Waals surface area contributed by atoms with Gasteiger partial charge in [0.1, 0.15) is 5.75 Å². The Morgan fingerprint density at radius 3 is 2.77 bits per heavy atom. The number of benzene rings is 1. The monoisotopic (exact) mass is 308 g/mol. The van der Waals surface area contributed by atoms with Crippen LogP contribution >= 0.6 is 0 Å². The molecule has 2 N–H and O–H groups in total. The van der Waals surface area contributed by atoms with Crippen LogP contribution in [-0.2, 0) is 4.74 Å². The normalized spacial score (nSPS) is 11.4. The fourth-order valence-corrected chi connectivity index (χ4v) is 1.80. The molecule has 0 radical (unpaired) electrons. The Hall–Kier alpha value is -2.08. The lowest BCUT2D eigenvalue weighted by Crippen LogP contribution is -3.05. The number of quaternary nitrogens is 1. The van der Waals surface area contributed by atoms with Crippen LogP contribution in [-0.4, -0.2) is 52.8 Å². The summed E-state index contributed by atoms with van der Waals surface area (Å²) in [6.07, 6.45) is 0.938. The molecule has 0 saturated heterocycles. The van der Waals surface area contributed by atoms with Gasteiger partial charge in [-0.2, -0.15) is 0 Å². The number of methoxy groups -OCH3 is 1. The summed E-state index contributed by atoms with van der Waals surface area (Å²) < 4.78 is 10.5. The van der Waals surface area contributed by atoms with Gasteiger partial charge in [0.2, 0.25) is 0 Å². The zero-order valence-corrected chi connectivity index (χ0v) is 13.8. The highest BCUT2D eigenvalue weighted by Gasteiger charge is 2.10. The van der Waals surface area contributed by atoms with Gasteiger partial charge in [-0.1, -0.05) is 6.07 Å². The number of amides is 1. The van der Waals surface area contributed by atoms with Gasteiger partial charge in [-0.15, -0.1) is 0 Å². The van der Waals surface area contributed by atoms with E-state index in [9.17, 15) is 4.79 Å². The predicted octanol–water partition coefficient (Wildman–Crippen LogP) is 0.352. The van der Waals surface area contributed by atoms with Gasteiger partial charge in [0.25, 0.3) is 11.9 Å². The Balaban J connectivity index is 2.64. The van der Waals surface area contributed by atoms with Crippen molar-refractivity contribution in [2.75, 3.05) is 40.9 Å². The number of carbonyl (C=O) groups is 1. The zero-order valence-electron chi connectivity index (χ0n) is 13.8. The standard InChI is InChI=1S/C16H25N3O3/c1-5-22-16(17-10-7-11-19(2)3)18-15(20)13-8-6-9-14(12-13)21-4/h6,8-9,12H,5,7,10-11H2,1-4H3,(H,17,18,20)/p+1. The number of hydrogen-bond acceptors (Lipinski definition) is 4. The fourth-order valence-electron chi connectivity index (χ4n) is 1.80. The predicted molar refractivity (Wildman–Crippen MR) is 86.7 cm³/mol. The number of carbonyl (C=O) groups excluding carboxylic acids is 1. The van der Waals surface area contributed by atoms with Crippen LogP contribution in [0.1, 0.15) is 23.7 Å². The molecule has 0 aliphatic carbocycles. The number of rotatable bonds is 7. The maximum Gasteiger partial charge on any atom is 0.291 e. The topological polar surface area (TPSA) is 64.4 Å². The van der Waals surface area contributed by atoms with Crippen LogP contribution < -0.4 is 15.0 Å². The van der Waals surface area contributed by atoms with Gasteiger partial charge in [0, 0.05) is 18.5 Å². The Bertz CT molecular complexity index is 501. The first-order valence-electron chi connectivity index (χ1n) is 7.48. The Kier molecular flexibility index (Phi) is 7.99. The quantitative estimate of drug-likeness (QED) is 0.434. The van der Waals surface area contributed by atoms with Gasteiger partial charge < -0.3 is 14.4 Å². The van der Waals surface area contributed by atoms with Gasteiger partial charge in [0.15, 0.2) is 0 Å². The molecule has 0 atom stereocenters. The number of hydrogen-bond donors (Lipinski definition) is 2. The highest BCUT2D eigenvalue weighted by Crippen LogP contribution is 2.12. The second-order valence-electron chi connectivity index (χ2n) is 5.12. The Labute approximate surface area is 132 Å². The van der Waals surface area contributed by atoms with Crippen LogP contribution in [0.2, 0.25) is 0 Å². The van der Waals surface area contributed by atoms with Crippen molar-refractivity contribution in [3.05, 3.63) is 29.8 Å². The molecule has 1 aromatic carbocycles. The molecule has 0 aromatic heterocycles. The van der Waals surface area contributed by atoms with Gasteiger partial charge >= 0.3 is 0 Å². The summed E-state index contributed by atoms with van der Waals surface area (Å²) in [4.78, 5) is 17.9. The van der Waals surface area contributed by atoms with Crippen molar-refractivity contribution >= 4 is 11.9 Å². The minimum atomic E-state index is -0.260. The molecule has 0 saturated carbocycles. The second-order valence-corrected chi connectivity index (χ2v) is 5.12. The van der Waals surface area contributed by atoms with Gasteiger partial charge in [0.05, 0.1) is 34.4 Å². The van der Waals surface area contributed by atoms with E-state index in [1.807, 2.05) is 6.92 Å². The van der Waals surface area contributed by atoms with Crippen molar-refractivity contribution in [1.29, 1.82) is 0 Å². The van der Waals surface area contributed by atoms with Crippen LogP contribution in [0.4, 0.5) is 0 Å². The van der Waals surface area contributed by atoms with Crippen LogP contribution in [0.25, 0.3) is 0 Å². The van der Waals surface area contributed by atoms with Crippen molar-refractivity contribution in [2.45, 2.75) is 13.3 Å². The molecule has 0 unspecified atom stereocenters. The van der Waals surface area contributed by atoms with E-state index in [1.165, 1.54) is 4.90 Å². The number of aliphatic imine (C=N–C) groups is 1. The van der Waals surface area contributed by atoms with Crippen LogP contribution in [0.5, 0.6) is 5.75 Å². The van der Waals surface area contributed by atoms with Crippen molar-refractivity contribution in [1.82, 2.24) is 5.32 Å². The number of amidine groups is 1. The summed E-state index contributed by atoms with van der Waals surface area (Å²) in [5.74, 6) is 0.376. The molecule has 0 heterocycles. The lowest BCUT2D eigenvalue weighted by atomic mass is 10.2. The summed E-state index contributed by atoms with van der Waals surface area (Å²) in [5, 5.41) is 2.70. The molecular formula is C16H26N3O3+. The summed E-state index contributed by atoms with van der Waals surface area (Å²) in [6, 6.07) is 7.22. The van der Waals surface area contributed by atoms with Crippen LogP contribution in [0, 0.1) is 0 Å². The average Bonchev–Trinajstić information content (AvgIpc) is 2.51. The van der Waals surface area contributed by atoms with Crippen LogP contribution in [0.15, 0.2) is 29.3 Å². The molecule has 0 spiro atoms. The summed E-state index contributed by atoms with van der Waals surface area (Å²) in [7, 11) is 5.76. The minimum absolute atomic E-state index is 0.260. The SMILES string of the molecule is CCOC(=NCCC[NH+](C)C)NC(=O)c1cccc(OC)c1. The summed E-state index contributed by atoms with van der Waals surface area (Å²) in [6.45, 7) is 3.96. The molecule has 1 aromatic rings. The molecule has 0 bridgehead atoms. The van der Waals surface area contributed by atoms with Crippen molar-refractivity contribution in [2.24, 2.45) is 4.99 Å². The lowest BCUT2D eigenvalue weighted by molar-refractivity contribution is -0.858. The van der Waals surface area contributed by atoms with E-state index in [-0.39, 0.29) is 11.9 Å². The van der Waals surface area contributed by atoms with E-state index >= 15 is 0 Å². The largest absolute Gasteiger partial charge is 0.497 e. The smallest absolute Gasteiger partial charge is 0.291 e. The van der Waals surface area contributed by atoms with Crippen molar-refractivity contribution in [3.8, 4) is 5.75 Å². The Morgan fingerprint density at radius 2 is 2.14 bits per heavy atom. The maximum absolute atomic E-state index is 12.2. The van der Waals surface area contributed by atoms with Gasteiger partial charge in [-0.25, -0.2) is 4.99 Å². The van der Waals surface area contributed by atoms with Crippen molar-refractivity contribution < 1.29 is 19.2 Å². The zero-order chi connectivity index (χ0) is 16.4. The highest BCUT2D eigenvalue weighted by molar-refractivity contribution is 6.04. The van der Waals surface area contributed by atoms with E-state index in [1.54, 1.807) is 31.4 Å². The minimum Gasteiger partial charge on any atom is -0.497 e. The third kappa shape index (κ3) is 6.58. The molecule has 1 amide bonds. The molecule has 0 aliphatic heterocycles. The van der Waals surface area contributed by atoms with E-state index in [0.29, 0.717) is 24.5 Å². The number of nitrogens with zero attached hydrogens (tertiary/aromatic N) is 1. The maximum atomic E-state index is 12.2. The first-order chi connectivity index (χ1) is 10.6. The summed E-state index contributed by atoms with van der Waals surface area (Å²) in [5.41, 5.74) is 0.504. The second kappa shape index (κ2) is 9.78. The number of ether oxygens (including phenoxy) is 2. The molecule has 6 nitrogen and oxygen atoms in total. The molecular weight excluding hydrogens is 282 g/mol. The fraction of sp³-hybridized carbons (Fsp3) is 0.500. The summed E-state index contributed by atoms with van der Waals surface area (Å²) >= 11 is 0. The molecule has 122 valence electrons. The van der Waals surface area contributed by atoms with Crippen molar-refractivity contribution in [3.63, 3.8) is 0 Å². The first-order valence-corrected chi connectivity index (χ1v) is 7.48. The van der Waals surface area contributed by atoms with E-state index in [0.717, 1.165) is 13.0 Å². The van der Waals surface area contributed by atoms with Gasteiger partial charge in [-0.3, -0.25) is 10.1 Å². The van der Waals surface area contributed by atoms with E-state index in [2.05, 4.69) is 24.4 Å². The van der Waals surface area contributed by atoms with E-state index in [4.69, 9.17) is 9.47 Å². The molecule has 0 fully saturated rings. The molecule has 22 heavy (non-hydrogen) atoms. The third-order valence-electron chi connectivity index (χ3n) is 2.92. The Morgan fingerprint density at radius 1 is 1.36 bits per heavy atom. The van der Waals surface area contributed by atoms with E-state index < -0.39 is 0 Å². The highest BCUT2D eigenvalue weighted by atomic mass is 16.5.